The standard InChI is InChI=1S/C15H18ClFO3/c1-9(18)15(17,14(19)20-2)13(10-3-4-10)11-5-7-12(16)8-6-11/h5-10,13,18H,3-4H2,1-2H3. The summed E-state index contributed by atoms with van der Waals surface area (Å²) in [6.45, 7) is 1.28. The molecule has 1 saturated carbocycles. The Hall–Kier alpha value is -1.13. The molecule has 1 fully saturated rings. The van der Waals surface area contributed by atoms with Crippen LogP contribution in [0.3, 0.4) is 0 Å². The molecule has 0 aromatic heterocycles. The summed E-state index contributed by atoms with van der Waals surface area (Å²) >= 11 is 5.84. The maximum atomic E-state index is 15.3. The van der Waals surface area contributed by atoms with Gasteiger partial charge in [0.05, 0.1) is 13.2 Å². The number of ether oxygens (including phenoxy) is 1. The normalized spacial score (nSPS) is 20.9. The molecule has 20 heavy (non-hydrogen) atoms. The Kier molecular flexibility index (Phi) is 4.35. The van der Waals surface area contributed by atoms with Crippen LogP contribution in [0.1, 0.15) is 31.2 Å². The Morgan fingerprint density at radius 1 is 1.45 bits per heavy atom. The first-order valence-corrected chi connectivity index (χ1v) is 7.00. The average Bonchev–Trinajstić information content (AvgIpc) is 3.24. The number of aliphatic hydroxyl groups excluding tert-OH is 1. The van der Waals surface area contributed by atoms with Gasteiger partial charge in [-0.25, -0.2) is 9.18 Å². The molecule has 1 aliphatic carbocycles. The van der Waals surface area contributed by atoms with Crippen LogP contribution in [0, 0.1) is 5.92 Å². The van der Waals surface area contributed by atoms with E-state index in [1.54, 1.807) is 24.3 Å². The van der Waals surface area contributed by atoms with Crippen molar-refractivity contribution in [3.63, 3.8) is 0 Å². The molecule has 0 bridgehead atoms. The van der Waals surface area contributed by atoms with Gasteiger partial charge in [-0.2, -0.15) is 0 Å². The highest BCUT2D eigenvalue weighted by molar-refractivity contribution is 6.30. The molecule has 3 nitrogen and oxygen atoms in total. The van der Waals surface area contributed by atoms with Gasteiger partial charge in [0.15, 0.2) is 0 Å². The minimum absolute atomic E-state index is 0.0369. The van der Waals surface area contributed by atoms with Gasteiger partial charge < -0.3 is 9.84 Å². The van der Waals surface area contributed by atoms with Gasteiger partial charge in [0.25, 0.3) is 0 Å². The number of hydrogen-bond donors (Lipinski definition) is 1. The maximum Gasteiger partial charge on any atom is 0.347 e. The number of esters is 1. The smallest absolute Gasteiger partial charge is 0.347 e. The van der Waals surface area contributed by atoms with Crippen molar-refractivity contribution in [1.29, 1.82) is 0 Å². The molecule has 1 aliphatic rings. The molecule has 1 aromatic rings. The predicted octanol–water partition coefficient (Wildman–Crippen LogP) is 3.10. The predicted molar refractivity (Wildman–Crippen MR) is 74.5 cm³/mol. The molecule has 0 spiro atoms. The van der Waals surface area contributed by atoms with E-state index in [1.807, 2.05) is 0 Å². The quantitative estimate of drug-likeness (QED) is 0.850. The number of methoxy groups -OCH3 is 1. The van der Waals surface area contributed by atoms with Gasteiger partial charge in [-0.3, -0.25) is 0 Å². The SMILES string of the molecule is COC(=O)C(F)(C(C)O)C(c1ccc(Cl)cc1)C1CC1. The van der Waals surface area contributed by atoms with E-state index in [4.69, 9.17) is 11.6 Å². The number of carbonyl (C=O) groups excluding carboxylic acids is 1. The van der Waals surface area contributed by atoms with E-state index < -0.39 is 23.7 Å². The van der Waals surface area contributed by atoms with Gasteiger partial charge in [0.1, 0.15) is 0 Å². The van der Waals surface area contributed by atoms with Crippen LogP contribution in [0.5, 0.6) is 0 Å². The van der Waals surface area contributed by atoms with Gasteiger partial charge in [-0.15, -0.1) is 0 Å². The number of alkyl halides is 1. The minimum atomic E-state index is -2.44. The second-order valence-electron chi connectivity index (χ2n) is 5.30. The Bertz CT molecular complexity index is 484. The molecule has 3 unspecified atom stereocenters. The summed E-state index contributed by atoms with van der Waals surface area (Å²) in [6.07, 6.45) is 0.224. The molecular weight excluding hydrogens is 283 g/mol. The lowest BCUT2D eigenvalue weighted by molar-refractivity contribution is -0.166. The van der Waals surface area contributed by atoms with Crippen LogP contribution in [0.25, 0.3) is 0 Å². The van der Waals surface area contributed by atoms with E-state index in [9.17, 15) is 9.90 Å². The summed E-state index contributed by atoms with van der Waals surface area (Å²) < 4.78 is 19.9. The fraction of sp³-hybridized carbons (Fsp3) is 0.533. The van der Waals surface area contributed by atoms with E-state index in [1.165, 1.54) is 6.92 Å². The van der Waals surface area contributed by atoms with Gasteiger partial charge in [-0.1, -0.05) is 23.7 Å². The van der Waals surface area contributed by atoms with Crippen molar-refractivity contribution in [2.45, 2.75) is 37.5 Å². The Labute approximate surface area is 122 Å². The highest BCUT2D eigenvalue weighted by Crippen LogP contribution is 2.51. The monoisotopic (exact) mass is 300 g/mol. The summed E-state index contributed by atoms with van der Waals surface area (Å²) in [6, 6.07) is 6.72. The molecule has 1 N–H and O–H groups in total. The van der Waals surface area contributed by atoms with E-state index in [0.29, 0.717) is 10.6 Å². The Morgan fingerprint density at radius 3 is 2.40 bits per heavy atom. The molecule has 3 atom stereocenters. The van der Waals surface area contributed by atoms with Crippen LogP contribution < -0.4 is 0 Å². The lowest BCUT2D eigenvalue weighted by Crippen LogP contribution is -2.50. The number of aliphatic hydroxyl groups is 1. The fourth-order valence-corrected chi connectivity index (χ4v) is 2.80. The van der Waals surface area contributed by atoms with Gasteiger partial charge in [-0.05, 0) is 43.4 Å². The number of hydrogen-bond acceptors (Lipinski definition) is 3. The van der Waals surface area contributed by atoms with Crippen LogP contribution in [-0.4, -0.2) is 30.0 Å². The molecule has 0 radical (unpaired) electrons. The topological polar surface area (TPSA) is 46.5 Å². The van der Waals surface area contributed by atoms with Crippen LogP contribution in [-0.2, 0) is 9.53 Å². The second-order valence-corrected chi connectivity index (χ2v) is 5.74. The Balaban J connectivity index is 2.45. The van der Waals surface area contributed by atoms with Crippen LogP contribution in [0.2, 0.25) is 5.02 Å². The third-order valence-electron chi connectivity index (χ3n) is 3.88. The van der Waals surface area contributed by atoms with E-state index in [2.05, 4.69) is 4.74 Å². The van der Waals surface area contributed by atoms with E-state index in [-0.39, 0.29) is 5.92 Å². The second kappa shape index (κ2) is 5.70. The molecule has 0 saturated heterocycles. The molecule has 1 aromatic carbocycles. The third kappa shape index (κ3) is 2.67. The number of halogens is 2. The highest BCUT2D eigenvalue weighted by Gasteiger charge is 2.57. The molecule has 110 valence electrons. The average molecular weight is 301 g/mol. The maximum absolute atomic E-state index is 15.3. The van der Waals surface area contributed by atoms with Crippen molar-refractivity contribution in [1.82, 2.24) is 0 Å². The van der Waals surface area contributed by atoms with Crippen LogP contribution in [0.15, 0.2) is 24.3 Å². The van der Waals surface area contributed by atoms with Crippen molar-refractivity contribution in [3.8, 4) is 0 Å². The van der Waals surface area contributed by atoms with E-state index >= 15 is 4.39 Å². The summed E-state index contributed by atoms with van der Waals surface area (Å²) in [7, 11) is 1.13. The lowest BCUT2D eigenvalue weighted by atomic mass is 9.77. The molecule has 2 rings (SSSR count). The molecule has 0 aliphatic heterocycles. The summed E-state index contributed by atoms with van der Waals surface area (Å²) in [5.41, 5.74) is -1.78. The van der Waals surface area contributed by atoms with Gasteiger partial charge >= 0.3 is 5.97 Å². The molecule has 0 amide bonds. The lowest BCUT2D eigenvalue weighted by Gasteiger charge is -2.34. The van der Waals surface area contributed by atoms with Crippen molar-refractivity contribution < 1.29 is 19.0 Å². The van der Waals surface area contributed by atoms with Crippen molar-refractivity contribution in [2.24, 2.45) is 5.92 Å². The largest absolute Gasteiger partial charge is 0.467 e. The van der Waals surface area contributed by atoms with Crippen LogP contribution >= 0.6 is 11.6 Å². The van der Waals surface area contributed by atoms with Crippen LogP contribution in [0.4, 0.5) is 4.39 Å². The fourth-order valence-electron chi connectivity index (χ4n) is 2.67. The van der Waals surface area contributed by atoms with Gasteiger partial charge in [0, 0.05) is 10.9 Å². The van der Waals surface area contributed by atoms with Crippen molar-refractivity contribution in [2.75, 3.05) is 7.11 Å². The third-order valence-corrected chi connectivity index (χ3v) is 4.13. The highest BCUT2D eigenvalue weighted by atomic mass is 35.5. The van der Waals surface area contributed by atoms with Crippen molar-refractivity contribution >= 4 is 17.6 Å². The summed E-state index contributed by atoms with van der Waals surface area (Å²) in [4.78, 5) is 11.9. The first-order valence-electron chi connectivity index (χ1n) is 6.62. The summed E-state index contributed by atoms with van der Waals surface area (Å²) in [5, 5.41) is 10.4. The first kappa shape index (κ1) is 15.3. The zero-order valence-corrected chi connectivity index (χ0v) is 12.2. The van der Waals surface area contributed by atoms with Gasteiger partial charge in [0.2, 0.25) is 5.67 Å². The molecule has 5 heteroatoms. The Morgan fingerprint density at radius 2 is 2.00 bits per heavy atom. The molecular formula is C15H18ClFO3. The summed E-state index contributed by atoms with van der Waals surface area (Å²) in [5.74, 6) is -1.71. The van der Waals surface area contributed by atoms with E-state index in [0.717, 1.165) is 20.0 Å². The minimum Gasteiger partial charge on any atom is -0.467 e. The zero-order chi connectivity index (χ0) is 14.9. The first-order chi connectivity index (χ1) is 9.41. The number of benzene rings is 1. The molecule has 0 heterocycles. The van der Waals surface area contributed by atoms with Crippen molar-refractivity contribution in [3.05, 3.63) is 34.9 Å². The zero-order valence-electron chi connectivity index (χ0n) is 11.5. The number of rotatable bonds is 5. The number of carbonyl (C=O) groups is 1.